The van der Waals surface area contributed by atoms with Crippen LogP contribution < -0.4 is 4.90 Å². The fourth-order valence-corrected chi connectivity index (χ4v) is 5.36. The molecular formula is C32H24F13N5S. The maximum atomic E-state index is 14.3. The predicted molar refractivity (Wildman–Crippen MR) is 165 cm³/mol. The van der Waals surface area contributed by atoms with Crippen molar-refractivity contribution in [3.63, 3.8) is 0 Å². The minimum Gasteiger partial charge on any atom is -0.372 e. The van der Waals surface area contributed by atoms with E-state index in [2.05, 4.69) is 25.4 Å². The fraction of sp³-hybridized carbons (Fsp3) is 0.312. The van der Waals surface area contributed by atoms with E-state index in [0.717, 1.165) is 30.9 Å². The standard InChI is InChI=1S/C32H24F13N5S/c1-3-50(4-2)21-13-9-19(10-14-21)46-48-25-17-18-26(24-8-6-5-7-23(24)25)49-47-20-11-15-22(16-12-20)51-32(44,45)30(39,40)28(35,36)27(33,34)29(37,38)31(41,42)43/h5-18H,3-4H2,1-2H3. The van der Waals surface area contributed by atoms with E-state index in [1.165, 1.54) is 6.07 Å². The summed E-state index contributed by atoms with van der Waals surface area (Å²) in [6, 6.07) is 20.4. The van der Waals surface area contributed by atoms with E-state index < -0.39 is 51.8 Å². The Bertz CT molecular complexity index is 1870. The molecule has 0 spiro atoms. The highest BCUT2D eigenvalue weighted by atomic mass is 32.2. The van der Waals surface area contributed by atoms with Gasteiger partial charge in [0, 0.05) is 34.4 Å². The Balaban J connectivity index is 1.52. The molecule has 0 bridgehead atoms. The lowest BCUT2D eigenvalue weighted by atomic mass is 9.98. The van der Waals surface area contributed by atoms with Crippen molar-refractivity contribution in [3.8, 4) is 0 Å². The van der Waals surface area contributed by atoms with Crippen molar-refractivity contribution in [2.75, 3.05) is 18.0 Å². The van der Waals surface area contributed by atoms with Crippen LogP contribution in [0.4, 0.5) is 85.5 Å². The molecule has 0 radical (unpaired) electrons. The third kappa shape index (κ3) is 7.48. The Hall–Kier alpha value is -4.42. The number of hydrogen-bond acceptors (Lipinski definition) is 6. The zero-order chi connectivity index (χ0) is 38.0. The number of nitrogens with zero attached hydrogens (tertiary/aromatic N) is 5. The molecule has 4 aromatic carbocycles. The largest absolute Gasteiger partial charge is 0.460 e. The zero-order valence-electron chi connectivity index (χ0n) is 26.1. The Kier molecular flexibility index (Phi) is 11.0. The lowest BCUT2D eigenvalue weighted by Gasteiger charge is -2.39. The van der Waals surface area contributed by atoms with Gasteiger partial charge in [-0.15, -0.1) is 10.2 Å². The van der Waals surface area contributed by atoms with Gasteiger partial charge in [0.15, 0.2) is 0 Å². The van der Waals surface area contributed by atoms with Gasteiger partial charge in [-0.1, -0.05) is 24.3 Å². The maximum absolute atomic E-state index is 14.3. The van der Waals surface area contributed by atoms with Crippen LogP contribution in [-0.2, 0) is 0 Å². The topological polar surface area (TPSA) is 52.7 Å². The van der Waals surface area contributed by atoms with Crippen molar-refractivity contribution in [2.45, 2.75) is 53.9 Å². The van der Waals surface area contributed by atoms with E-state index in [0.29, 0.717) is 34.3 Å². The third-order valence-electron chi connectivity index (χ3n) is 7.39. The average molecular weight is 758 g/mol. The van der Waals surface area contributed by atoms with E-state index in [4.69, 9.17) is 0 Å². The van der Waals surface area contributed by atoms with Gasteiger partial charge >= 0.3 is 35.1 Å². The van der Waals surface area contributed by atoms with Crippen molar-refractivity contribution in [2.24, 2.45) is 20.5 Å². The Morgan fingerprint density at radius 1 is 0.490 bits per heavy atom. The van der Waals surface area contributed by atoms with Crippen LogP contribution in [0.15, 0.2) is 110 Å². The molecule has 0 heterocycles. The summed E-state index contributed by atoms with van der Waals surface area (Å²) >= 11 is -1.47. The smallest absolute Gasteiger partial charge is 0.372 e. The van der Waals surface area contributed by atoms with E-state index in [-0.39, 0.29) is 11.4 Å². The van der Waals surface area contributed by atoms with Crippen LogP contribution >= 0.6 is 11.8 Å². The number of benzene rings is 4. The number of anilines is 1. The molecule has 19 heteroatoms. The molecule has 0 aliphatic carbocycles. The van der Waals surface area contributed by atoms with Gasteiger partial charge in [0.25, 0.3) is 0 Å². The van der Waals surface area contributed by atoms with Gasteiger partial charge < -0.3 is 4.90 Å². The molecule has 4 aromatic rings. The van der Waals surface area contributed by atoms with Gasteiger partial charge in [0.05, 0.1) is 22.7 Å². The van der Waals surface area contributed by atoms with E-state index in [1.807, 2.05) is 38.1 Å². The molecule has 0 fully saturated rings. The predicted octanol–water partition coefficient (Wildman–Crippen LogP) is 13.3. The van der Waals surface area contributed by atoms with Crippen LogP contribution in [0.1, 0.15) is 13.8 Å². The number of fused-ring (bicyclic) bond motifs is 1. The molecule has 0 unspecified atom stereocenters. The van der Waals surface area contributed by atoms with Gasteiger partial charge in [0.1, 0.15) is 0 Å². The number of rotatable bonds is 13. The number of azo groups is 2. The first kappa shape index (κ1) is 39.4. The molecule has 0 atom stereocenters. The molecule has 274 valence electrons. The second-order valence-electron chi connectivity index (χ2n) is 10.6. The maximum Gasteiger partial charge on any atom is 0.460 e. The normalized spacial score (nSPS) is 13.9. The van der Waals surface area contributed by atoms with Crippen LogP contribution in [0, 0.1) is 0 Å². The quantitative estimate of drug-likeness (QED) is 0.0775. The van der Waals surface area contributed by atoms with Crippen LogP contribution in [0.3, 0.4) is 0 Å². The van der Waals surface area contributed by atoms with Crippen LogP contribution in [0.25, 0.3) is 10.8 Å². The SMILES string of the molecule is CCN(CC)c1ccc(N=Nc2ccc(N=Nc3ccc(SC(F)(F)C(F)(F)C(F)(F)C(F)(F)C(F)(F)C(F)(F)F)cc3)c3ccccc23)cc1. The Labute approximate surface area is 285 Å². The summed E-state index contributed by atoms with van der Waals surface area (Å²) < 4.78 is 175. The first-order valence-corrected chi connectivity index (χ1v) is 15.4. The fourth-order valence-electron chi connectivity index (χ4n) is 4.53. The van der Waals surface area contributed by atoms with Crippen LogP contribution in [0.2, 0.25) is 0 Å². The molecule has 51 heavy (non-hydrogen) atoms. The molecule has 5 nitrogen and oxygen atoms in total. The van der Waals surface area contributed by atoms with Crippen molar-refractivity contribution >= 4 is 51.0 Å². The molecule has 0 saturated carbocycles. The Morgan fingerprint density at radius 3 is 1.31 bits per heavy atom. The Morgan fingerprint density at radius 2 is 0.902 bits per heavy atom. The van der Waals surface area contributed by atoms with Gasteiger partial charge in [-0.05, 0) is 86.3 Å². The number of halogens is 13. The summed E-state index contributed by atoms with van der Waals surface area (Å²) in [6.07, 6.45) is -7.47. The van der Waals surface area contributed by atoms with Crippen molar-refractivity contribution in [3.05, 3.63) is 84.9 Å². The minimum absolute atomic E-state index is 0.0999. The summed E-state index contributed by atoms with van der Waals surface area (Å²) in [4.78, 5) is 1.18. The summed E-state index contributed by atoms with van der Waals surface area (Å²) in [5.74, 6) is -31.0. The molecule has 0 N–H and O–H groups in total. The first-order chi connectivity index (χ1) is 23.6. The summed E-state index contributed by atoms with van der Waals surface area (Å²) in [5.41, 5.74) is 2.28. The van der Waals surface area contributed by atoms with E-state index in [1.54, 1.807) is 30.3 Å². The molecular weight excluding hydrogens is 733 g/mol. The molecule has 0 aromatic heterocycles. The first-order valence-electron chi connectivity index (χ1n) is 14.6. The van der Waals surface area contributed by atoms with E-state index in [9.17, 15) is 57.1 Å². The lowest BCUT2D eigenvalue weighted by Crippen LogP contribution is -2.69. The monoisotopic (exact) mass is 757 g/mol. The summed E-state index contributed by atoms with van der Waals surface area (Å²) in [5, 5.41) is 11.5. The highest BCUT2D eigenvalue weighted by Crippen LogP contribution is 2.62. The van der Waals surface area contributed by atoms with Gasteiger partial charge in [-0.25, -0.2) is 0 Å². The summed E-state index contributed by atoms with van der Waals surface area (Å²) in [6.45, 7) is 5.74. The minimum atomic E-state index is -7.96. The molecule has 4 rings (SSSR count). The van der Waals surface area contributed by atoms with E-state index >= 15 is 0 Å². The van der Waals surface area contributed by atoms with Crippen molar-refractivity contribution in [1.82, 2.24) is 0 Å². The molecule has 0 aliphatic heterocycles. The van der Waals surface area contributed by atoms with Crippen LogP contribution in [-0.4, -0.2) is 48.2 Å². The van der Waals surface area contributed by atoms with Crippen LogP contribution in [0.5, 0.6) is 0 Å². The van der Waals surface area contributed by atoms with Gasteiger partial charge in [0.2, 0.25) is 0 Å². The third-order valence-corrected chi connectivity index (χ3v) is 8.41. The highest BCUT2D eigenvalue weighted by molar-refractivity contribution is 8.00. The number of hydrogen-bond donors (Lipinski definition) is 0. The van der Waals surface area contributed by atoms with Crippen molar-refractivity contribution < 1.29 is 57.1 Å². The molecule has 0 aliphatic rings. The second kappa shape index (κ2) is 14.3. The van der Waals surface area contributed by atoms with Crippen molar-refractivity contribution in [1.29, 1.82) is 0 Å². The molecule has 0 amide bonds. The van der Waals surface area contributed by atoms with Gasteiger partial charge in [-0.2, -0.15) is 67.3 Å². The van der Waals surface area contributed by atoms with Gasteiger partial charge in [-0.3, -0.25) is 0 Å². The number of alkyl halides is 13. The lowest BCUT2D eigenvalue weighted by molar-refractivity contribution is -0.433. The highest BCUT2D eigenvalue weighted by Gasteiger charge is 2.91. The summed E-state index contributed by atoms with van der Waals surface area (Å²) in [7, 11) is 0. The zero-order valence-corrected chi connectivity index (χ0v) is 26.9. The second-order valence-corrected chi connectivity index (χ2v) is 11.8. The molecule has 0 saturated heterocycles. The average Bonchev–Trinajstić information content (AvgIpc) is 3.07. The number of thioether (sulfide) groups is 1.